The Hall–Kier alpha value is -2.45. The van der Waals surface area contributed by atoms with Gasteiger partial charge in [0.1, 0.15) is 12.7 Å². The molecule has 0 spiro atoms. The minimum Gasteiger partial charge on any atom is -0.469 e. The molecule has 9 nitrogen and oxygen atoms in total. The Bertz CT molecular complexity index is 470. The van der Waals surface area contributed by atoms with Crippen LogP contribution < -0.4 is 5.32 Å². The van der Waals surface area contributed by atoms with E-state index < -0.39 is 4.92 Å². The van der Waals surface area contributed by atoms with E-state index >= 15 is 0 Å². The van der Waals surface area contributed by atoms with Gasteiger partial charge in [-0.05, 0) is 16.3 Å². The number of ether oxygens (including phenoxy) is 1. The average molecular weight is 270 g/mol. The van der Waals surface area contributed by atoms with E-state index in [2.05, 4.69) is 15.0 Å². The number of nitrogens with zero attached hydrogens (tertiary/aromatic N) is 3. The Morgan fingerprint density at radius 3 is 2.89 bits per heavy atom. The van der Waals surface area contributed by atoms with E-state index in [0.717, 1.165) is 0 Å². The number of carbonyl (C=O) groups is 2. The molecule has 0 aliphatic rings. The van der Waals surface area contributed by atoms with E-state index in [1.165, 1.54) is 24.2 Å². The summed E-state index contributed by atoms with van der Waals surface area (Å²) in [5, 5.41) is 13.0. The molecule has 1 N–H and O–H groups in total. The lowest BCUT2D eigenvalue weighted by atomic mass is 10.3. The Kier molecular flexibility index (Phi) is 5.45. The van der Waals surface area contributed by atoms with Crippen LogP contribution in [0.1, 0.15) is 12.8 Å². The molecular formula is C10H14N4O5. The molecule has 0 aromatic carbocycles. The number of carbonyl (C=O) groups excluding carboxylic acids is 2. The third kappa shape index (κ3) is 5.15. The highest BCUT2D eigenvalue weighted by molar-refractivity contribution is 5.75. The van der Waals surface area contributed by atoms with Crippen molar-refractivity contribution in [2.24, 2.45) is 0 Å². The van der Waals surface area contributed by atoms with Gasteiger partial charge in [-0.25, -0.2) is 0 Å². The highest BCUT2D eigenvalue weighted by Crippen LogP contribution is 2.05. The maximum absolute atomic E-state index is 11.5. The molecule has 0 saturated heterocycles. The SMILES string of the molecule is COC(=O)CCCNC(=O)Cn1cnc([N+](=O)[O-])c1. The Morgan fingerprint density at radius 1 is 1.58 bits per heavy atom. The summed E-state index contributed by atoms with van der Waals surface area (Å²) in [5.74, 6) is -0.949. The fourth-order valence-corrected chi connectivity index (χ4v) is 1.31. The summed E-state index contributed by atoms with van der Waals surface area (Å²) in [5.41, 5.74) is 0. The van der Waals surface area contributed by atoms with Crippen LogP contribution in [0.2, 0.25) is 0 Å². The summed E-state index contributed by atoms with van der Waals surface area (Å²) >= 11 is 0. The first kappa shape index (κ1) is 14.6. The molecule has 0 radical (unpaired) electrons. The molecule has 0 atom stereocenters. The summed E-state index contributed by atoms with van der Waals surface area (Å²) in [6.45, 7) is 0.282. The molecule has 104 valence electrons. The average Bonchev–Trinajstić information content (AvgIpc) is 2.83. The topological polar surface area (TPSA) is 116 Å². The molecule has 1 amide bonds. The second-order valence-corrected chi connectivity index (χ2v) is 3.69. The number of esters is 1. The van der Waals surface area contributed by atoms with E-state index in [9.17, 15) is 19.7 Å². The maximum Gasteiger partial charge on any atom is 0.381 e. The first-order chi connectivity index (χ1) is 9.02. The lowest BCUT2D eigenvalue weighted by Gasteiger charge is -2.04. The number of rotatable bonds is 7. The van der Waals surface area contributed by atoms with Crippen LogP contribution in [-0.4, -0.2) is 40.0 Å². The standard InChI is InChI=1S/C10H14N4O5/c1-19-10(16)3-2-4-11-9(15)6-13-5-8(12-7-13)14(17)18/h5,7H,2-4,6H2,1H3,(H,11,15). The zero-order chi connectivity index (χ0) is 14.3. The number of imidazole rings is 1. The van der Waals surface area contributed by atoms with E-state index in [1.807, 2.05) is 0 Å². The van der Waals surface area contributed by atoms with Crippen molar-refractivity contribution in [2.75, 3.05) is 13.7 Å². The van der Waals surface area contributed by atoms with Gasteiger partial charge in [-0.1, -0.05) is 0 Å². The molecule has 0 fully saturated rings. The predicted molar refractivity (Wildman–Crippen MR) is 63.1 cm³/mol. The van der Waals surface area contributed by atoms with Gasteiger partial charge in [-0.2, -0.15) is 0 Å². The number of nitrogens with one attached hydrogen (secondary N) is 1. The first-order valence-corrected chi connectivity index (χ1v) is 5.52. The molecule has 0 bridgehead atoms. The smallest absolute Gasteiger partial charge is 0.381 e. The summed E-state index contributed by atoms with van der Waals surface area (Å²) in [4.78, 5) is 35.5. The molecule has 1 rings (SSSR count). The van der Waals surface area contributed by atoms with Crippen LogP contribution in [0, 0.1) is 10.1 Å². The number of amides is 1. The van der Waals surface area contributed by atoms with Gasteiger partial charge in [0.25, 0.3) is 0 Å². The molecule has 9 heteroatoms. The summed E-state index contributed by atoms with van der Waals surface area (Å²) in [6.07, 6.45) is 3.09. The molecule has 1 heterocycles. The quantitative estimate of drug-likeness (QED) is 0.319. The fourth-order valence-electron chi connectivity index (χ4n) is 1.31. The molecule has 0 unspecified atom stereocenters. The number of hydrogen-bond acceptors (Lipinski definition) is 6. The first-order valence-electron chi connectivity index (χ1n) is 5.52. The molecule has 0 aliphatic carbocycles. The van der Waals surface area contributed by atoms with Gasteiger partial charge < -0.3 is 24.7 Å². The number of nitro groups is 1. The van der Waals surface area contributed by atoms with Crippen molar-refractivity contribution >= 4 is 17.7 Å². The maximum atomic E-state index is 11.5. The third-order valence-corrected chi connectivity index (χ3v) is 2.24. The number of methoxy groups -OCH3 is 1. The lowest BCUT2D eigenvalue weighted by Crippen LogP contribution is -2.28. The van der Waals surface area contributed by atoms with E-state index in [1.54, 1.807) is 0 Å². The van der Waals surface area contributed by atoms with Crippen molar-refractivity contribution in [3.05, 3.63) is 22.6 Å². The van der Waals surface area contributed by atoms with Crippen LogP contribution in [0.15, 0.2) is 12.5 Å². The molecule has 1 aromatic rings. The zero-order valence-electron chi connectivity index (χ0n) is 10.4. The van der Waals surface area contributed by atoms with Crippen molar-refractivity contribution in [3.8, 4) is 0 Å². The Morgan fingerprint density at radius 2 is 2.32 bits per heavy atom. The Balaban J connectivity index is 2.27. The number of hydrogen-bond donors (Lipinski definition) is 1. The molecular weight excluding hydrogens is 256 g/mol. The van der Waals surface area contributed by atoms with Crippen LogP contribution in [0.3, 0.4) is 0 Å². The van der Waals surface area contributed by atoms with Crippen LogP contribution in [0.4, 0.5) is 5.82 Å². The Labute approximate surface area is 108 Å². The molecule has 19 heavy (non-hydrogen) atoms. The number of aromatic nitrogens is 2. The largest absolute Gasteiger partial charge is 0.469 e. The molecule has 0 saturated carbocycles. The minimum atomic E-state index is -0.634. The second kappa shape index (κ2) is 7.09. The summed E-state index contributed by atoms with van der Waals surface area (Å²) in [6, 6.07) is 0. The van der Waals surface area contributed by atoms with Gasteiger partial charge in [-0.15, -0.1) is 0 Å². The van der Waals surface area contributed by atoms with E-state index in [4.69, 9.17) is 0 Å². The van der Waals surface area contributed by atoms with Crippen molar-refractivity contribution in [3.63, 3.8) is 0 Å². The minimum absolute atomic E-state index is 0.0565. The van der Waals surface area contributed by atoms with Gasteiger partial charge in [0.2, 0.25) is 12.2 Å². The third-order valence-electron chi connectivity index (χ3n) is 2.24. The monoisotopic (exact) mass is 270 g/mol. The fraction of sp³-hybridized carbons (Fsp3) is 0.500. The van der Waals surface area contributed by atoms with Gasteiger partial charge in [0.15, 0.2) is 0 Å². The lowest BCUT2D eigenvalue weighted by molar-refractivity contribution is -0.389. The molecule has 0 aliphatic heterocycles. The highest BCUT2D eigenvalue weighted by atomic mass is 16.6. The van der Waals surface area contributed by atoms with Gasteiger partial charge in [-0.3, -0.25) is 9.59 Å². The van der Waals surface area contributed by atoms with Crippen molar-refractivity contribution < 1.29 is 19.2 Å². The van der Waals surface area contributed by atoms with Crippen molar-refractivity contribution in [1.29, 1.82) is 0 Å². The molecule has 1 aromatic heterocycles. The zero-order valence-corrected chi connectivity index (χ0v) is 10.4. The van der Waals surface area contributed by atoms with E-state index in [0.29, 0.717) is 13.0 Å². The normalized spacial score (nSPS) is 9.95. The van der Waals surface area contributed by atoms with Gasteiger partial charge >= 0.3 is 11.8 Å². The predicted octanol–water partition coefficient (Wildman–Crippen LogP) is -0.139. The summed E-state index contributed by atoms with van der Waals surface area (Å²) in [7, 11) is 1.30. The van der Waals surface area contributed by atoms with Crippen molar-refractivity contribution in [1.82, 2.24) is 14.9 Å². The van der Waals surface area contributed by atoms with Crippen LogP contribution in [0.25, 0.3) is 0 Å². The summed E-state index contributed by atoms with van der Waals surface area (Å²) < 4.78 is 5.76. The van der Waals surface area contributed by atoms with Crippen LogP contribution in [0.5, 0.6) is 0 Å². The van der Waals surface area contributed by atoms with Crippen molar-refractivity contribution in [2.45, 2.75) is 19.4 Å². The van der Waals surface area contributed by atoms with E-state index in [-0.39, 0.29) is 30.7 Å². The highest BCUT2D eigenvalue weighted by Gasteiger charge is 2.11. The van der Waals surface area contributed by atoms with Crippen LogP contribution in [-0.2, 0) is 20.9 Å². The van der Waals surface area contributed by atoms with Gasteiger partial charge in [0, 0.05) is 13.0 Å². The second-order valence-electron chi connectivity index (χ2n) is 3.69. The van der Waals surface area contributed by atoms with Gasteiger partial charge in [0.05, 0.1) is 7.11 Å². The van der Waals surface area contributed by atoms with Crippen LogP contribution >= 0.6 is 0 Å².